The van der Waals surface area contributed by atoms with E-state index in [9.17, 15) is 14.4 Å². The molecule has 5 heterocycles. The van der Waals surface area contributed by atoms with Crippen molar-refractivity contribution in [1.82, 2.24) is 40.3 Å². The molecule has 12 nitrogen and oxygen atoms in total. The Morgan fingerprint density at radius 3 is 2.52 bits per heavy atom. The molecule has 2 aliphatic rings. The molecule has 2 aliphatic heterocycles. The molecule has 3 aromatic heterocycles. The quantitative estimate of drug-likeness (QED) is 0.156. The highest BCUT2D eigenvalue weighted by molar-refractivity contribution is 6.00. The molecule has 2 N–H and O–H groups in total. The molecule has 5 aromatic rings. The van der Waals surface area contributed by atoms with Gasteiger partial charge in [-0.25, -0.2) is 13.9 Å². The molecule has 0 spiro atoms. The summed E-state index contributed by atoms with van der Waals surface area (Å²) in [6, 6.07) is 16.3. The summed E-state index contributed by atoms with van der Waals surface area (Å²) in [6.45, 7) is 10.2. The molecule has 54 heavy (non-hydrogen) atoms. The van der Waals surface area contributed by atoms with E-state index in [0.29, 0.717) is 50.6 Å². The largest absolute Gasteiger partial charge is 0.345 e. The smallest absolute Gasteiger partial charge is 0.292 e. The number of imide groups is 1. The average molecular weight is 735 g/mol. The van der Waals surface area contributed by atoms with Crippen LogP contribution in [0, 0.1) is 6.92 Å². The van der Waals surface area contributed by atoms with E-state index in [2.05, 4.69) is 47.9 Å². The summed E-state index contributed by atoms with van der Waals surface area (Å²) in [4.78, 5) is 47.5. The third kappa shape index (κ3) is 8.41. The van der Waals surface area contributed by atoms with Crippen molar-refractivity contribution in [3.8, 4) is 11.3 Å². The first kappa shape index (κ1) is 37.0. The van der Waals surface area contributed by atoms with Gasteiger partial charge in [0.15, 0.2) is 0 Å². The molecule has 7 rings (SSSR count). The number of hydrogen-bond acceptors (Lipinski definition) is 9. The van der Waals surface area contributed by atoms with E-state index < -0.39 is 12.1 Å². The molecule has 0 saturated carbocycles. The molecule has 0 aliphatic carbocycles. The number of amides is 3. The molecule has 282 valence electrons. The fourth-order valence-corrected chi connectivity index (χ4v) is 7.41. The zero-order chi connectivity index (χ0) is 38.0. The maximum atomic E-state index is 15.3. The number of benzene rings is 2. The lowest BCUT2D eigenvalue weighted by atomic mass is 9.86. The SMILES string of the molecule is Cc1cc(-c2ncnn3cc(CC[C@@H](F)CN4CCC(c5ccc(C6CCC(=O)NC6=O)cc5)CC4)cc23)ccc1CNC(=O)c1noc(C(C)(C)C)n1. The van der Waals surface area contributed by atoms with Crippen LogP contribution < -0.4 is 10.6 Å². The predicted octanol–water partition coefficient (Wildman–Crippen LogP) is 5.99. The van der Waals surface area contributed by atoms with Gasteiger partial charge in [-0.2, -0.15) is 10.1 Å². The Balaban J connectivity index is 0.896. The lowest BCUT2D eigenvalue weighted by Crippen LogP contribution is -2.39. The van der Waals surface area contributed by atoms with Crippen molar-refractivity contribution in [2.75, 3.05) is 19.6 Å². The van der Waals surface area contributed by atoms with Gasteiger partial charge in [-0.15, -0.1) is 0 Å². The van der Waals surface area contributed by atoms with Gasteiger partial charge in [0.1, 0.15) is 12.5 Å². The highest BCUT2D eigenvalue weighted by Gasteiger charge is 2.29. The maximum Gasteiger partial charge on any atom is 0.292 e. The molecule has 13 heteroatoms. The zero-order valence-electron chi connectivity index (χ0n) is 31.3. The number of nitrogens with one attached hydrogen (secondary N) is 2. The number of fused-ring (bicyclic) bond motifs is 1. The fourth-order valence-electron chi connectivity index (χ4n) is 7.41. The van der Waals surface area contributed by atoms with Crippen LogP contribution in [0.3, 0.4) is 0 Å². The minimum atomic E-state index is -0.945. The molecule has 2 fully saturated rings. The standard InChI is InChI=1S/C41H47FN8O4/c1-25-19-30(10-11-31(25)21-43-39(53)37-47-40(54-48-37)41(2,3)4)36-34-20-26(22-50(34)45-24-44-36)5-12-32(42)23-49-17-15-28(16-18-49)27-6-8-29(9-7-27)33-13-14-35(51)46-38(33)52/h6-11,19-20,22,24,28,32-33H,5,12-18,21,23H2,1-4H3,(H,43,53)(H,46,51,52)/t32-,33?/m1/s1. The number of carbonyl (C=O) groups excluding carboxylic acids is 3. The van der Waals surface area contributed by atoms with Crippen molar-refractivity contribution in [2.24, 2.45) is 0 Å². The Morgan fingerprint density at radius 1 is 1.06 bits per heavy atom. The van der Waals surface area contributed by atoms with E-state index >= 15 is 4.39 Å². The van der Waals surface area contributed by atoms with Gasteiger partial charge in [0.2, 0.25) is 17.7 Å². The molecule has 2 saturated heterocycles. The third-order valence-electron chi connectivity index (χ3n) is 10.6. The molecular formula is C41H47FN8O4. The topological polar surface area (TPSA) is 148 Å². The molecule has 0 radical (unpaired) electrons. The fraction of sp³-hybridized carbons (Fsp3) is 0.439. The Hall–Kier alpha value is -5.30. The predicted molar refractivity (Wildman–Crippen MR) is 201 cm³/mol. The molecule has 2 atom stereocenters. The van der Waals surface area contributed by atoms with Gasteiger partial charge in [-0.3, -0.25) is 19.7 Å². The number of hydrogen-bond donors (Lipinski definition) is 2. The van der Waals surface area contributed by atoms with Crippen molar-refractivity contribution in [1.29, 1.82) is 0 Å². The molecule has 3 amide bonds. The number of aryl methyl sites for hydroxylation is 2. The number of rotatable bonds is 11. The van der Waals surface area contributed by atoms with Crippen LogP contribution in [0.15, 0.2) is 65.6 Å². The maximum absolute atomic E-state index is 15.3. The number of aromatic nitrogens is 5. The van der Waals surface area contributed by atoms with Crippen LogP contribution in [0.25, 0.3) is 16.8 Å². The van der Waals surface area contributed by atoms with Crippen LogP contribution in [0.2, 0.25) is 0 Å². The van der Waals surface area contributed by atoms with Crippen molar-refractivity contribution in [3.05, 3.63) is 101 Å². The van der Waals surface area contributed by atoms with Gasteiger partial charge in [-0.05, 0) is 98.0 Å². The van der Waals surface area contributed by atoms with Gasteiger partial charge in [0.25, 0.3) is 11.7 Å². The number of nitrogens with zero attached hydrogens (tertiary/aromatic N) is 6. The average Bonchev–Trinajstić information content (AvgIpc) is 3.83. The second-order valence-electron chi connectivity index (χ2n) is 15.7. The number of alkyl halides is 1. The van der Waals surface area contributed by atoms with Gasteiger partial charge in [-0.1, -0.05) is 62.3 Å². The summed E-state index contributed by atoms with van der Waals surface area (Å²) in [5.41, 5.74) is 7.35. The molecular weight excluding hydrogens is 688 g/mol. The first-order valence-corrected chi connectivity index (χ1v) is 18.8. The van der Waals surface area contributed by atoms with Crippen LogP contribution in [0.5, 0.6) is 0 Å². The third-order valence-corrected chi connectivity index (χ3v) is 10.6. The minimum Gasteiger partial charge on any atom is -0.345 e. The van der Waals surface area contributed by atoms with Crippen molar-refractivity contribution >= 4 is 23.2 Å². The van der Waals surface area contributed by atoms with E-state index in [1.807, 2.05) is 70.3 Å². The number of carbonyl (C=O) groups is 3. The van der Waals surface area contributed by atoms with E-state index in [-0.39, 0.29) is 29.0 Å². The van der Waals surface area contributed by atoms with E-state index in [0.717, 1.165) is 65.0 Å². The van der Waals surface area contributed by atoms with Crippen LogP contribution in [0.1, 0.15) is 109 Å². The molecule has 1 unspecified atom stereocenters. The zero-order valence-corrected chi connectivity index (χ0v) is 31.3. The monoisotopic (exact) mass is 734 g/mol. The normalized spacial score (nSPS) is 17.8. The number of piperidine rings is 2. The second-order valence-corrected chi connectivity index (χ2v) is 15.7. The summed E-state index contributed by atoms with van der Waals surface area (Å²) < 4.78 is 22.4. The molecule has 0 bridgehead atoms. The van der Waals surface area contributed by atoms with Crippen LogP contribution in [-0.4, -0.2) is 73.2 Å². The van der Waals surface area contributed by atoms with Gasteiger partial charge in [0.05, 0.1) is 17.1 Å². The Bertz CT molecular complexity index is 2150. The minimum absolute atomic E-state index is 0.00916. The number of halogens is 1. The summed E-state index contributed by atoms with van der Waals surface area (Å²) >= 11 is 0. The van der Waals surface area contributed by atoms with Gasteiger partial charge >= 0.3 is 0 Å². The highest BCUT2D eigenvalue weighted by atomic mass is 19.1. The summed E-state index contributed by atoms with van der Waals surface area (Å²) in [5.74, 6) is -0.266. The number of likely N-dealkylation sites (tertiary alicyclic amines) is 1. The van der Waals surface area contributed by atoms with Crippen LogP contribution >= 0.6 is 0 Å². The molecule has 2 aromatic carbocycles. The lowest BCUT2D eigenvalue weighted by Gasteiger charge is -2.33. The summed E-state index contributed by atoms with van der Waals surface area (Å²) in [6.07, 6.45) is 6.39. The summed E-state index contributed by atoms with van der Waals surface area (Å²) in [7, 11) is 0. The van der Waals surface area contributed by atoms with E-state index in [4.69, 9.17) is 4.52 Å². The summed E-state index contributed by atoms with van der Waals surface area (Å²) in [5, 5.41) is 13.6. The van der Waals surface area contributed by atoms with Gasteiger partial charge < -0.3 is 14.7 Å². The van der Waals surface area contributed by atoms with Crippen molar-refractivity contribution in [3.63, 3.8) is 0 Å². The second kappa shape index (κ2) is 15.6. The highest BCUT2D eigenvalue weighted by Crippen LogP contribution is 2.32. The van der Waals surface area contributed by atoms with E-state index in [1.54, 1.807) is 4.52 Å². The Morgan fingerprint density at radius 2 is 1.81 bits per heavy atom. The lowest BCUT2D eigenvalue weighted by molar-refractivity contribution is -0.134. The first-order chi connectivity index (χ1) is 25.9. The van der Waals surface area contributed by atoms with Crippen molar-refractivity contribution in [2.45, 2.75) is 96.2 Å². The van der Waals surface area contributed by atoms with Gasteiger partial charge in [0, 0.05) is 36.7 Å². The van der Waals surface area contributed by atoms with Crippen LogP contribution in [-0.2, 0) is 28.0 Å². The Labute approximate surface area is 313 Å². The van der Waals surface area contributed by atoms with Crippen LogP contribution in [0.4, 0.5) is 4.39 Å². The first-order valence-electron chi connectivity index (χ1n) is 18.8. The van der Waals surface area contributed by atoms with Crippen molar-refractivity contribution < 1.29 is 23.3 Å². The Kier molecular flexibility index (Phi) is 10.7. The van der Waals surface area contributed by atoms with E-state index in [1.165, 1.54) is 11.9 Å².